The van der Waals surface area contributed by atoms with Crippen molar-refractivity contribution in [1.29, 1.82) is 0 Å². The molecule has 0 saturated heterocycles. The van der Waals surface area contributed by atoms with Gasteiger partial charge in [-0.2, -0.15) is 17.5 Å². The highest BCUT2D eigenvalue weighted by Crippen LogP contribution is 2.36. The Hall–Kier alpha value is -1.91. The van der Waals surface area contributed by atoms with Crippen molar-refractivity contribution in [3.63, 3.8) is 0 Å². The van der Waals surface area contributed by atoms with Crippen LogP contribution in [0.4, 0.5) is 13.2 Å². The molecule has 2 heterocycles. The third kappa shape index (κ3) is 4.17. The van der Waals surface area contributed by atoms with Crippen molar-refractivity contribution < 1.29 is 26.4 Å². The molecule has 10 heteroatoms. The number of hydrogen-bond acceptors (Lipinski definition) is 4. The minimum absolute atomic E-state index is 0.000371. The molecule has 1 atom stereocenters. The molecule has 146 valence electrons. The van der Waals surface area contributed by atoms with Gasteiger partial charge >= 0.3 is 6.18 Å². The maximum absolute atomic E-state index is 12.9. The lowest BCUT2D eigenvalue weighted by atomic mass is 10.0. The van der Waals surface area contributed by atoms with Gasteiger partial charge in [0.2, 0.25) is 10.0 Å². The lowest BCUT2D eigenvalue weighted by Crippen LogP contribution is -2.38. The van der Waals surface area contributed by atoms with Gasteiger partial charge in [0.15, 0.2) is 0 Å². The summed E-state index contributed by atoms with van der Waals surface area (Å²) < 4.78 is 63.8. The van der Waals surface area contributed by atoms with E-state index in [2.05, 4.69) is 0 Å². The fraction of sp³-hybridized carbons (Fsp3) is 0.353. The van der Waals surface area contributed by atoms with Crippen LogP contribution in [0.2, 0.25) is 0 Å². The molecule has 0 bridgehead atoms. The zero-order valence-corrected chi connectivity index (χ0v) is 15.9. The maximum Gasteiger partial charge on any atom is 0.405 e. The maximum atomic E-state index is 12.9. The molecule has 1 unspecified atom stereocenters. The second-order valence-corrected chi connectivity index (χ2v) is 9.05. The van der Waals surface area contributed by atoms with E-state index in [-0.39, 0.29) is 16.5 Å². The Morgan fingerprint density at radius 2 is 1.93 bits per heavy atom. The van der Waals surface area contributed by atoms with Gasteiger partial charge in [-0.15, -0.1) is 11.3 Å². The molecule has 0 spiro atoms. The molecule has 1 amide bonds. The Bertz CT molecular complexity index is 937. The standard InChI is InChI=1S/C17H17F3N2O3S2/c1-11-14-7-9-26-15(14)6-8-22(11)27(24,25)13-4-2-12(3-5-13)16(23)21-10-17(18,19)20/h2-5,7,9,11H,6,8,10H2,1H3,(H,21,23). The SMILES string of the molecule is CC1c2ccsc2CCN1S(=O)(=O)c1ccc(C(=O)NCC(F)(F)F)cc1. The number of hydrogen-bond donors (Lipinski definition) is 1. The number of nitrogens with one attached hydrogen (secondary N) is 1. The van der Waals surface area contributed by atoms with Gasteiger partial charge in [-0.25, -0.2) is 8.42 Å². The Morgan fingerprint density at radius 3 is 2.56 bits per heavy atom. The minimum Gasteiger partial charge on any atom is -0.343 e. The first-order chi connectivity index (χ1) is 12.6. The molecule has 1 aliphatic rings. The summed E-state index contributed by atoms with van der Waals surface area (Å²) >= 11 is 1.60. The van der Waals surface area contributed by atoms with E-state index in [0.29, 0.717) is 13.0 Å². The highest BCUT2D eigenvalue weighted by Gasteiger charge is 2.34. The topological polar surface area (TPSA) is 66.5 Å². The Kier molecular flexibility index (Phi) is 5.33. The van der Waals surface area contributed by atoms with E-state index >= 15 is 0 Å². The molecule has 1 aliphatic heterocycles. The zero-order valence-electron chi connectivity index (χ0n) is 14.3. The van der Waals surface area contributed by atoms with Crippen molar-refractivity contribution in [2.24, 2.45) is 0 Å². The fourth-order valence-electron chi connectivity index (χ4n) is 3.01. The van der Waals surface area contributed by atoms with Crippen molar-refractivity contribution in [2.75, 3.05) is 13.1 Å². The average molecular weight is 418 g/mol. The molecule has 2 aromatic rings. The van der Waals surface area contributed by atoms with E-state index < -0.39 is 28.7 Å². The highest BCUT2D eigenvalue weighted by molar-refractivity contribution is 7.89. The molecule has 0 aliphatic carbocycles. The normalized spacial score (nSPS) is 18.1. The molecular weight excluding hydrogens is 401 g/mol. The molecule has 1 N–H and O–H groups in total. The quantitative estimate of drug-likeness (QED) is 0.828. The second-order valence-electron chi connectivity index (χ2n) is 6.16. The lowest BCUT2D eigenvalue weighted by Gasteiger charge is -2.32. The molecule has 5 nitrogen and oxygen atoms in total. The molecule has 1 aromatic heterocycles. The summed E-state index contributed by atoms with van der Waals surface area (Å²) in [6, 6.07) is 6.52. The summed E-state index contributed by atoms with van der Waals surface area (Å²) in [4.78, 5) is 12.9. The number of benzene rings is 1. The van der Waals surface area contributed by atoms with Crippen LogP contribution in [0.15, 0.2) is 40.6 Å². The van der Waals surface area contributed by atoms with Gasteiger partial charge < -0.3 is 5.32 Å². The average Bonchev–Trinajstić information content (AvgIpc) is 3.09. The van der Waals surface area contributed by atoms with Crippen molar-refractivity contribution in [1.82, 2.24) is 9.62 Å². The molecule has 0 radical (unpaired) electrons. The number of rotatable bonds is 4. The van der Waals surface area contributed by atoms with Crippen LogP contribution in [0.1, 0.15) is 33.8 Å². The van der Waals surface area contributed by atoms with E-state index in [1.54, 1.807) is 16.7 Å². The summed E-state index contributed by atoms with van der Waals surface area (Å²) in [6.45, 7) is 0.728. The Balaban J connectivity index is 1.77. The van der Waals surface area contributed by atoms with Crippen molar-refractivity contribution in [2.45, 2.75) is 30.5 Å². The fourth-order valence-corrected chi connectivity index (χ4v) is 5.59. The zero-order chi connectivity index (χ0) is 19.8. The summed E-state index contributed by atoms with van der Waals surface area (Å²) in [5.74, 6) is -0.912. The predicted molar refractivity (Wildman–Crippen MR) is 95.2 cm³/mol. The van der Waals surface area contributed by atoms with Crippen LogP contribution >= 0.6 is 11.3 Å². The predicted octanol–water partition coefficient (Wildman–Crippen LogP) is 3.35. The monoisotopic (exact) mass is 418 g/mol. The number of carbonyl (C=O) groups is 1. The van der Waals surface area contributed by atoms with Crippen LogP contribution in [0.3, 0.4) is 0 Å². The number of carbonyl (C=O) groups excluding carboxylic acids is 1. The van der Waals surface area contributed by atoms with E-state index in [0.717, 1.165) is 5.56 Å². The van der Waals surface area contributed by atoms with Crippen LogP contribution in [0.25, 0.3) is 0 Å². The highest BCUT2D eigenvalue weighted by atomic mass is 32.2. The number of fused-ring (bicyclic) bond motifs is 1. The third-order valence-electron chi connectivity index (χ3n) is 4.39. The van der Waals surface area contributed by atoms with Gasteiger partial charge in [-0.05, 0) is 54.6 Å². The number of amides is 1. The van der Waals surface area contributed by atoms with Crippen LogP contribution in [-0.4, -0.2) is 37.9 Å². The van der Waals surface area contributed by atoms with Gasteiger partial charge in [-0.1, -0.05) is 0 Å². The summed E-state index contributed by atoms with van der Waals surface area (Å²) in [7, 11) is -3.78. The molecule has 27 heavy (non-hydrogen) atoms. The number of sulfonamides is 1. The van der Waals surface area contributed by atoms with Crippen molar-refractivity contribution in [3.05, 3.63) is 51.7 Å². The van der Waals surface area contributed by atoms with E-state index in [1.165, 1.54) is 33.4 Å². The second kappa shape index (κ2) is 7.25. The van der Waals surface area contributed by atoms with Crippen molar-refractivity contribution >= 4 is 27.3 Å². The summed E-state index contributed by atoms with van der Waals surface area (Å²) in [5.41, 5.74) is 0.947. The number of nitrogens with zero attached hydrogens (tertiary/aromatic N) is 1. The molecule has 3 rings (SSSR count). The third-order valence-corrected chi connectivity index (χ3v) is 7.37. The van der Waals surface area contributed by atoms with Crippen LogP contribution in [0.5, 0.6) is 0 Å². The van der Waals surface area contributed by atoms with E-state index in [4.69, 9.17) is 0 Å². The minimum atomic E-state index is -4.51. The Morgan fingerprint density at radius 1 is 1.26 bits per heavy atom. The van der Waals surface area contributed by atoms with Crippen LogP contribution < -0.4 is 5.32 Å². The molecule has 1 aromatic carbocycles. The number of halogens is 3. The smallest absolute Gasteiger partial charge is 0.343 e. The van der Waals surface area contributed by atoms with Crippen LogP contribution in [-0.2, 0) is 16.4 Å². The number of thiophene rings is 1. The number of alkyl halides is 3. The Labute approximate surface area is 158 Å². The summed E-state index contributed by atoms with van der Waals surface area (Å²) in [6.07, 6.45) is -3.88. The largest absolute Gasteiger partial charge is 0.405 e. The van der Waals surface area contributed by atoms with Gasteiger partial charge in [0.1, 0.15) is 6.54 Å². The first-order valence-electron chi connectivity index (χ1n) is 8.13. The van der Waals surface area contributed by atoms with E-state index in [1.807, 2.05) is 18.4 Å². The van der Waals surface area contributed by atoms with Gasteiger partial charge in [-0.3, -0.25) is 4.79 Å². The molecule has 0 fully saturated rings. The molecular formula is C17H17F3N2O3S2. The van der Waals surface area contributed by atoms with Crippen molar-refractivity contribution in [3.8, 4) is 0 Å². The van der Waals surface area contributed by atoms with Crippen LogP contribution in [0, 0.1) is 0 Å². The summed E-state index contributed by atoms with van der Waals surface area (Å²) in [5, 5.41) is 3.69. The van der Waals surface area contributed by atoms with Gasteiger partial charge in [0.05, 0.1) is 4.90 Å². The lowest BCUT2D eigenvalue weighted by molar-refractivity contribution is -0.123. The van der Waals surface area contributed by atoms with E-state index in [9.17, 15) is 26.4 Å². The molecule has 0 saturated carbocycles. The first-order valence-corrected chi connectivity index (χ1v) is 10.4. The van der Waals surface area contributed by atoms with Gasteiger partial charge in [0.25, 0.3) is 5.91 Å². The first kappa shape index (κ1) is 19.8. The van der Waals surface area contributed by atoms with Gasteiger partial charge in [0, 0.05) is 23.0 Å².